The Hall–Kier alpha value is -0.876. The fraction of sp³-hybridized carbons (Fsp3) is 0. The van der Waals surface area contributed by atoms with Gasteiger partial charge in [0.25, 0.3) is 0 Å². The van der Waals surface area contributed by atoms with Crippen molar-refractivity contribution in [1.82, 2.24) is 4.23 Å². The van der Waals surface area contributed by atoms with Gasteiger partial charge in [-0.2, -0.15) is 0 Å². The third-order valence-corrected chi connectivity index (χ3v) is 4.97. The van der Waals surface area contributed by atoms with Crippen molar-refractivity contribution in [1.29, 1.82) is 0 Å². The molecule has 4 heteroatoms. The fourth-order valence-electron chi connectivity index (χ4n) is 1.42. The number of aromatic nitrogens is 2. The Morgan fingerprint density at radius 2 is 2.45 bits per heavy atom. The molecule has 2 nitrogen and oxygen atoms in total. The first kappa shape index (κ1) is 5.73. The highest BCUT2D eigenvalue weighted by molar-refractivity contribution is 6.96. The van der Waals surface area contributed by atoms with Crippen LogP contribution in [0.25, 0.3) is 11.0 Å². The molecular weight excluding hydrogens is 168 g/mol. The van der Waals surface area contributed by atoms with Crippen LogP contribution in [0.1, 0.15) is 0 Å². The average Bonchev–Trinajstić information content (AvgIpc) is 2.60. The summed E-state index contributed by atoms with van der Waals surface area (Å²) in [6.07, 6.45) is 4.34. The Morgan fingerprint density at radius 1 is 1.45 bits per heavy atom. The van der Waals surface area contributed by atoms with Crippen LogP contribution in [-0.4, -0.2) is 22.6 Å². The quantitative estimate of drug-likeness (QED) is 0.488. The standard InChI is InChI=1S/C7H5N2Si2/c1-2-6-3-5-9-7(6)8(4-1)10-11-9/h1-5H. The summed E-state index contributed by atoms with van der Waals surface area (Å²) >= 11 is 0. The van der Waals surface area contributed by atoms with Gasteiger partial charge < -0.3 is 8.47 Å². The summed E-state index contributed by atoms with van der Waals surface area (Å²) in [7, 11) is 1.85. The molecule has 0 spiro atoms. The molecule has 0 N–H and O–H groups in total. The lowest BCUT2D eigenvalue weighted by Gasteiger charge is -2.01. The lowest BCUT2D eigenvalue weighted by atomic mass is 10.3. The minimum atomic E-state index is 0.927. The molecule has 1 aliphatic rings. The normalized spacial score (nSPS) is 13.8. The third-order valence-electron chi connectivity index (χ3n) is 1.92. The lowest BCUT2D eigenvalue weighted by molar-refractivity contribution is -0.494. The highest BCUT2D eigenvalue weighted by Crippen LogP contribution is 2.11. The molecule has 3 heterocycles. The van der Waals surface area contributed by atoms with Crippen molar-refractivity contribution in [3.63, 3.8) is 0 Å². The first-order chi connectivity index (χ1) is 5.45. The van der Waals surface area contributed by atoms with Crippen molar-refractivity contribution < 1.29 is 4.23 Å². The largest absolute Gasteiger partial charge is 0.435 e. The van der Waals surface area contributed by atoms with Gasteiger partial charge in [0.1, 0.15) is 0 Å². The van der Waals surface area contributed by atoms with E-state index in [-0.39, 0.29) is 0 Å². The monoisotopic (exact) mass is 173 g/mol. The summed E-state index contributed by atoms with van der Waals surface area (Å²) in [6, 6.07) is 6.47. The summed E-state index contributed by atoms with van der Waals surface area (Å²) < 4.78 is 4.68. The molecule has 0 atom stereocenters. The maximum absolute atomic E-state index is 2.34. The predicted molar refractivity (Wildman–Crippen MR) is 44.4 cm³/mol. The summed E-state index contributed by atoms with van der Waals surface area (Å²) in [5, 5.41) is 1.37. The topological polar surface area (TPSA) is 8.81 Å². The van der Waals surface area contributed by atoms with Gasteiger partial charge in [-0.25, -0.2) is 0 Å². The van der Waals surface area contributed by atoms with Crippen LogP contribution in [-0.2, 0) is 0 Å². The SMILES string of the molecule is c1cc2ccn3c2[n+](c1)[Si-][Si]3. The zero-order chi connectivity index (χ0) is 7.26. The van der Waals surface area contributed by atoms with Crippen molar-refractivity contribution in [3.05, 3.63) is 30.6 Å². The van der Waals surface area contributed by atoms with Gasteiger partial charge in [-0.05, 0) is 18.2 Å². The van der Waals surface area contributed by atoms with Gasteiger partial charge in [-0.1, -0.05) is 0 Å². The average molecular weight is 173 g/mol. The third kappa shape index (κ3) is 0.629. The van der Waals surface area contributed by atoms with Crippen LogP contribution in [0.2, 0.25) is 0 Å². The van der Waals surface area contributed by atoms with Crippen molar-refractivity contribution in [2.45, 2.75) is 0 Å². The molecule has 0 aromatic carbocycles. The number of rotatable bonds is 0. The highest BCUT2D eigenvalue weighted by Gasteiger charge is 2.11. The molecule has 2 aromatic heterocycles. The zero-order valence-corrected chi connectivity index (χ0v) is 7.78. The molecule has 3 radical (unpaired) electrons. The van der Waals surface area contributed by atoms with E-state index in [1.165, 1.54) is 11.0 Å². The molecule has 0 bridgehead atoms. The molecule has 0 amide bonds. The van der Waals surface area contributed by atoms with Crippen molar-refractivity contribution in [3.8, 4) is 0 Å². The number of nitrogens with zero attached hydrogens (tertiary/aromatic N) is 2. The molecular formula is C7H5N2Si2. The minimum Gasteiger partial charge on any atom is -0.435 e. The first-order valence-corrected chi connectivity index (χ1v) is 6.38. The van der Waals surface area contributed by atoms with Gasteiger partial charge in [-0.15, -0.1) is 9.20 Å². The van der Waals surface area contributed by atoms with E-state index in [2.05, 4.69) is 39.1 Å². The highest BCUT2D eigenvalue weighted by atomic mass is 29.2. The summed E-state index contributed by atoms with van der Waals surface area (Å²) in [4.78, 5) is 0. The van der Waals surface area contributed by atoms with Gasteiger partial charge in [0.15, 0.2) is 9.20 Å². The van der Waals surface area contributed by atoms with E-state index in [4.69, 9.17) is 0 Å². The molecule has 0 saturated carbocycles. The van der Waals surface area contributed by atoms with E-state index in [9.17, 15) is 0 Å². The van der Waals surface area contributed by atoms with Gasteiger partial charge in [0.05, 0.1) is 11.6 Å². The Bertz CT molecular complexity index is 421. The summed E-state index contributed by atoms with van der Waals surface area (Å²) in [6.45, 7) is 0. The van der Waals surface area contributed by atoms with E-state index in [0.29, 0.717) is 0 Å². The van der Waals surface area contributed by atoms with Crippen LogP contribution < -0.4 is 4.23 Å². The molecule has 0 unspecified atom stereocenters. The summed E-state index contributed by atoms with van der Waals surface area (Å²) in [5.41, 5.74) is 1.39. The Labute approximate surface area is 69.1 Å². The van der Waals surface area contributed by atoms with E-state index in [1.54, 1.807) is 0 Å². The van der Waals surface area contributed by atoms with Crippen LogP contribution in [0.4, 0.5) is 0 Å². The lowest BCUT2D eigenvalue weighted by Crippen LogP contribution is -2.38. The number of pyridine rings is 1. The van der Waals surface area contributed by atoms with Crippen molar-refractivity contribution in [2.75, 3.05) is 0 Å². The van der Waals surface area contributed by atoms with Crippen LogP contribution in [0, 0.1) is 0 Å². The summed E-state index contributed by atoms with van der Waals surface area (Å²) in [5.74, 6) is 0. The molecule has 51 valence electrons. The van der Waals surface area contributed by atoms with Gasteiger partial charge in [0, 0.05) is 6.20 Å². The smallest absolute Gasteiger partial charge is 0.229 e. The van der Waals surface area contributed by atoms with Crippen molar-refractivity contribution >= 4 is 29.4 Å². The van der Waals surface area contributed by atoms with Crippen LogP contribution in [0.15, 0.2) is 30.6 Å². The Balaban J connectivity index is 2.61. The van der Waals surface area contributed by atoms with Crippen LogP contribution in [0.3, 0.4) is 0 Å². The van der Waals surface area contributed by atoms with Crippen molar-refractivity contribution in [2.24, 2.45) is 0 Å². The second-order valence-corrected chi connectivity index (χ2v) is 5.32. The molecule has 0 saturated heterocycles. The zero-order valence-electron chi connectivity index (χ0n) is 5.78. The molecule has 2 aromatic rings. The first-order valence-electron chi connectivity index (χ1n) is 3.49. The van der Waals surface area contributed by atoms with E-state index >= 15 is 0 Å². The Kier molecular flexibility index (Phi) is 0.955. The van der Waals surface area contributed by atoms with Gasteiger partial charge >= 0.3 is 0 Å². The molecule has 1 aliphatic heterocycles. The second kappa shape index (κ2) is 1.83. The van der Waals surface area contributed by atoms with E-state index in [0.717, 1.165) is 18.4 Å². The molecule has 11 heavy (non-hydrogen) atoms. The number of hydrogen-bond acceptors (Lipinski definition) is 0. The maximum atomic E-state index is 2.34. The van der Waals surface area contributed by atoms with Crippen LogP contribution in [0.5, 0.6) is 0 Å². The molecule has 0 aliphatic carbocycles. The fourth-order valence-corrected chi connectivity index (χ4v) is 4.46. The predicted octanol–water partition coefficient (Wildman–Crippen LogP) is -0.208. The minimum absolute atomic E-state index is 0.927. The number of hydrogen-bond donors (Lipinski definition) is 0. The van der Waals surface area contributed by atoms with Gasteiger partial charge in [-0.3, -0.25) is 0 Å². The van der Waals surface area contributed by atoms with E-state index in [1.807, 2.05) is 0 Å². The second-order valence-electron chi connectivity index (χ2n) is 2.57. The molecule has 3 rings (SSSR count). The molecule has 0 fully saturated rings. The van der Waals surface area contributed by atoms with Crippen LogP contribution >= 0.6 is 0 Å². The maximum Gasteiger partial charge on any atom is 0.229 e. The van der Waals surface area contributed by atoms with Gasteiger partial charge in [0.2, 0.25) is 5.65 Å². The van der Waals surface area contributed by atoms with E-state index < -0.39 is 0 Å². The Morgan fingerprint density at radius 3 is 3.45 bits per heavy atom.